The van der Waals surface area contributed by atoms with Gasteiger partial charge in [0.15, 0.2) is 4.34 Å². The van der Waals surface area contributed by atoms with E-state index in [0.717, 1.165) is 10.1 Å². The molecule has 0 fully saturated rings. The van der Waals surface area contributed by atoms with Crippen LogP contribution in [0.5, 0.6) is 0 Å². The fourth-order valence-corrected chi connectivity index (χ4v) is 3.08. The normalized spacial score (nSPS) is 12.6. The van der Waals surface area contributed by atoms with Crippen molar-refractivity contribution >= 4 is 23.1 Å². The second-order valence-electron chi connectivity index (χ2n) is 3.36. The minimum atomic E-state index is 0.384. The third-order valence-corrected chi connectivity index (χ3v) is 4.33. The molecule has 84 valence electrons. The Balaban J connectivity index is 1.96. The van der Waals surface area contributed by atoms with Crippen molar-refractivity contribution in [3.63, 3.8) is 0 Å². The number of hydrogen-bond donors (Lipinski definition) is 1. The Morgan fingerprint density at radius 2 is 2.12 bits per heavy atom. The highest BCUT2D eigenvalue weighted by Crippen LogP contribution is 2.26. The van der Waals surface area contributed by atoms with Crippen LogP contribution in [0.2, 0.25) is 0 Å². The second-order valence-corrected chi connectivity index (χ2v) is 5.46. The van der Waals surface area contributed by atoms with Crippen molar-refractivity contribution in [1.82, 2.24) is 10.2 Å². The fraction of sp³-hybridized carbons (Fsp3) is 0.273. The van der Waals surface area contributed by atoms with Gasteiger partial charge in [-0.2, -0.15) is 0 Å². The maximum atomic E-state index is 5.80. The Bertz CT molecular complexity index is 402. The average Bonchev–Trinajstić information content (AvgIpc) is 2.84. The van der Waals surface area contributed by atoms with Crippen LogP contribution < -0.4 is 5.73 Å². The van der Waals surface area contributed by atoms with E-state index in [1.807, 2.05) is 18.2 Å². The molecule has 2 rings (SSSR count). The van der Waals surface area contributed by atoms with E-state index >= 15 is 0 Å². The number of nitrogens with two attached hydrogens (primary N) is 1. The fourth-order valence-electron chi connectivity index (χ4n) is 1.42. The van der Waals surface area contributed by atoms with Gasteiger partial charge in [-0.05, 0) is 12.1 Å². The predicted molar refractivity (Wildman–Crippen MR) is 68.9 cm³/mol. The molecular weight excluding hydrogens is 238 g/mol. The lowest BCUT2D eigenvalue weighted by Gasteiger charge is -2.13. The number of nitrogens with zero attached hydrogens (tertiary/aromatic N) is 2. The maximum absolute atomic E-state index is 5.80. The van der Waals surface area contributed by atoms with E-state index in [4.69, 9.17) is 5.73 Å². The van der Waals surface area contributed by atoms with Crippen molar-refractivity contribution in [2.24, 2.45) is 5.73 Å². The highest BCUT2D eigenvalue weighted by molar-refractivity contribution is 8.01. The molecule has 5 heteroatoms. The molecule has 0 saturated carbocycles. The average molecular weight is 251 g/mol. The first-order valence-corrected chi connectivity index (χ1v) is 6.90. The SMILES string of the molecule is NCC(CSc1nncs1)c1ccccc1. The summed E-state index contributed by atoms with van der Waals surface area (Å²) in [5.41, 5.74) is 8.84. The van der Waals surface area contributed by atoms with E-state index in [1.165, 1.54) is 5.56 Å². The Hall–Kier alpha value is -0.910. The summed E-state index contributed by atoms with van der Waals surface area (Å²) in [5.74, 6) is 1.34. The first kappa shape index (κ1) is 11.6. The van der Waals surface area contributed by atoms with Gasteiger partial charge in [0.1, 0.15) is 5.51 Å². The van der Waals surface area contributed by atoms with Gasteiger partial charge in [0.25, 0.3) is 0 Å². The molecule has 1 heterocycles. The first-order chi connectivity index (χ1) is 7.90. The Labute approximate surface area is 103 Å². The summed E-state index contributed by atoms with van der Waals surface area (Å²) >= 11 is 3.29. The van der Waals surface area contributed by atoms with Crippen LogP contribution in [0.4, 0.5) is 0 Å². The Morgan fingerprint density at radius 3 is 2.75 bits per heavy atom. The summed E-state index contributed by atoms with van der Waals surface area (Å²) in [7, 11) is 0. The molecule has 0 amide bonds. The van der Waals surface area contributed by atoms with Crippen LogP contribution in [0.25, 0.3) is 0 Å². The molecule has 0 spiro atoms. The van der Waals surface area contributed by atoms with Gasteiger partial charge in [0.2, 0.25) is 0 Å². The standard InChI is InChI=1S/C11H13N3S2/c12-6-10(9-4-2-1-3-5-9)7-15-11-14-13-8-16-11/h1-5,8,10H,6-7,12H2. The zero-order valence-corrected chi connectivity index (χ0v) is 10.4. The molecule has 16 heavy (non-hydrogen) atoms. The minimum absolute atomic E-state index is 0.384. The van der Waals surface area contributed by atoms with Crippen molar-refractivity contribution in [3.8, 4) is 0 Å². The molecule has 1 aromatic heterocycles. The zero-order chi connectivity index (χ0) is 11.2. The van der Waals surface area contributed by atoms with Gasteiger partial charge < -0.3 is 5.73 Å². The van der Waals surface area contributed by atoms with Crippen LogP contribution >= 0.6 is 23.1 Å². The molecule has 2 N–H and O–H groups in total. The number of aromatic nitrogens is 2. The van der Waals surface area contributed by atoms with Gasteiger partial charge in [-0.1, -0.05) is 53.4 Å². The van der Waals surface area contributed by atoms with E-state index < -0.39 is 0 Å². The summed E-state index contributed by atoms with van der Waals surface area (Å²) in [6.45, 7) is 0.663. The monoisotopic (exact) mass is 251 g/mol. The summed E-state index contributed by atoms with van der Waals surface area (Å²) in [5, 5.41) is 7.82. The lowest BCUT2D eigenvalue weighted by molar-refractivity contribution is 0.784. The van der Waals surface area contributed by atoms with Crippen LogP contribution in [0.1, 0.15) is 11.5 Å². The van der Waals surface area contributed by atoms with E-state index in [1.54, 1.807) is 28.6 Å². The second kappa shape index (κ2) is 5.98. The molecule has 0 radical (unpaired) electrons. The molecule has 1 atom stereocenters. The number of thioether (sulfide) groups is 1. The summed E-state index contributed by atoms with van der Waals surface area (Å²) < 4.78 is 1.01. The molecule has 0 aliphatic rings. The van der Waals surface area contributed by atoms with E-state index in [2.05, 4.69) is 22.3 Å². The van der Waals surface area contributed by atoms with Crippen LogP contribution in [-0.4, -0.2) is 22.5 Å². The van der Waals surface area contributed by atoms with Crippen LogP contribution in [-0.2, 0) is 0 Å². The molecule has 2 aromatic rings. The van der Waals surface area contributed by atoms with Crippen molar-refractivity contribution in [2.45, 2.75) is 10.3 Å². The lowest BCUT2D eigenvalue weighted by atomic mass is 10.0. The van der Waals surface area contributed by atoms with Crippen molar-refractivity contribution in [1.29, 1.82) is 0 Å². The van der Waals surface area contributed by atoms with Gasteiger partial charge in [-0.25, -0.2) is 0 Å². The Morgan fingerprint density at radius 1 is 1.31 bits per heavy atom. The molecule has 0 bridgehead atoms. The molecule has 0 saturated heterocycles. The minimum Gasteiger partial charge on any atom is -0.330 e. The van der Waals surface area contributed by atoms with Crippen molar-refractivity contribution in [2.75, 3.05) is 12.3 Å². The molecule has 1 unspecified atom stereocenters. The lowest BCUT2D eigenvalue weighted by Crippen LogP contribution is -2.14. The van der Waals surface area contributed by atoms with Gasteiger partial charge in [-0.3, -0.25) is 0 Å². The van der Waals surface area contributed by atoms with E-state index in [0.29, 0.717) is 12.5 Å². The van der Waals surface area contributed by atoms with Gasteiger partial charge in [0, 0.05) is 11.7 Å². The van der Waals surface area contributed by atoms with Gasteiger partial charge in [-0.15, -0.1) is 10.2 Å². The van der Waals surface area contributed by atoms with Crippen LogP contribution in [0.15, 0.2) is 40.2 Å². The largest absolute Gasteiger partial charge is 0.330 e. The Kier molecular flexibility index (Phi) is 4.33. The highest BCUT2D eigenvalue weighted by Gasteiger charge is 2.10. The first-order valence-electron chi connectivity index (χ1n) is 5.04. The molecule has 1 aromatic carbocycles. The molecule has 0 aliphatic carbocycles. The van der Waals surface area contributed by atoms with Crippen LogP contribution in [0, 0.1) is 0 Å². The van der Waals surface area contributed by atoms with Crippen LogP contribution in [0.3, 0.4) is 0 Å². The van der Waals surface area contributed by atoms with Crippen molar-refractivity contribution < 1.29 is 0 Å². The van der Waals surface area contributed by atoms with Gasteiger partial charge in [0.05, 0.1) is 0 Å². The third kappa shape index (κ3) is 3.04. The van der Waals surface area contributed by atoms with Crippen molar-refractivity contribution in [3.05, 3.63) is 41.4 Å². The predicted octanol–water partition coefficient (Wildman–Crippen LogP) is 2.37. The quantitative estimate of drug-likeness (QED) is 0.829. The molecule has 0 aliphatic heterocycles. The van der Waals surface area contributed by atoms with Gasteiger partial charge >= 0.3 is 0 Å². The number of hydrogen-bond acceptors (Lipinski definition) is 5. The smallest absolute Gasteiger partial charge is 0.174 e. The summed E-state index contributed by atoms with van der Waals surface area (Å²) in [6, 6.07) is 10.4. The molecule has 3 nitrogen and oxygen atoms in total. The van der Waals surface area contributed by atoms with E-state index in [9.17, 15) is 0 Å². The summed E-state index contributed by atoms with van der Waals surface area (Å²) in [4.78, 5) is 0. The highest BCUT2D eigenvalue weighted by atomic mass is 32.2. The maximum Gasteiger partial charge on any atom is 0.174 e. The summed E-state index contributed by atoms with van der Waals surface area (Å²) in [6.07, 6.45) is 0. The third-order valence-electron chi connectivity index (χ3n) is 2.30. The molecular formula is C11H13N3S2. The zero-order valence-electron chi connectivity index (χ0n) is 8.74. The number of benzene rings is 1. The van der Waals surface area contributed by atoms with E-state index in [-0.39, 0.29) is 0 Å². The number of rotatable bonds is 5. The topological polar surface area (TPSA) is 51.8 Å².